The standard InChI is InChI=1S/C20H22Cl2N2O2/c1-13-3-10-17(21)20(19(13)22)23-18(25)12-24(15-6-7-15)11-14-4-8-16(26-2)9-5-14/h3-5,8-10,15H,6-7,11-12H2,1-2H3,(H,23,25). The fourth-order valence-electron chi connectivity index (χ4n) is 2.85. The Labute approximate surface area is 164 Å². The lowest BCUT2D eigenvalue weighted by molar-refractivity contribution is -0.117. The van der Waals surface area contributed by atoms with E-state index in [4.69, 9.17) is 27.9 Å². The Hall–Kier alpha value is -1.75. The van der Waals surface area contributed by atoms with Crippen molar-refractivity contribution in [1.29, 1.82) is 0 Å². The second-order valence-corrected chi connectivity index (χ2v) is 7.37. The zero-order valence-electron chi connectivity index (χ0n) is 14.9. The molecule has 6 heteroatoms. The molecule has 2 aromatic carbocycles. The molecule has 1 fully saturated rings. The number of rotatable bonds is 7. The van der Waals surface area contributed by atoms with Gasteiger partial charge in [0.15, 0.2) is 0 Å². The van der Waals surface area contributed by atoms with Crippen LogP contribution in [0, 0.1) is 6.92 Å². The quantitative estimate of drug-likeness (QED) is 0.727. The number of hydrogen-bond donors (Lipinski definition) is 1. The summed E-state index contributed by atoms with van der Waals surface area (Å²) in [6.07, 6.45) is 2.24. The van der Waals surface area contributed by atoms with Crippen LogP contribution in [0.3, 0.4) is 0 Å². The van der Waals surface area contributed by atoms with Gasteiger partial charge < -0.3 is 10.1 Å². The van der Waals surface area contributed by atoms with Gasteiger partial charge in [-0.15, -0.1) is 0 Å². The molecular formula is C20H22Cl2N2O2. The normalized spacial score (nSPS) is 13.7. The van der Waals surface area contributed by atoms with Gasteiger partial charge in [-0.25, -0.2) is 0 Å². The molecule has 4 nitrogen and oxygen atoms in total. The number of halogens is 2. The van der Waals surface area contributed by atoms with Crippen molar-refractivity contribution in [3.63, 3.8) is 0 Å². The average Bonchev–Trinajstić information content (AvgIpc) is 3.47. The summed E-state index contributed by atoms with van der Waals surface area (Å²) in [5.74, 6) is 0.716. The van der Waals surface area contributed by atoms with Crippen LogP contribution in [0.1, 0.15) is 24.0 Å². The minimum absolute atomic E-state index is 0.111. The topological polar surface area (TPSA) is 41.6 Å². The van der Waals surface area contributed by atoms with Crippen molar-refractivity contribution in [3.05, 3.63) is 57.6 Å². The molecule has 0 radical (unpaired) electrons. The number of carbonyl (C=O) groups excluding carboxylic acids is 1. The van der Waals surface area contributed by atoms with Gasteiger partial charge in [-0.1, -0.05) is 41.4 Å². The zero-order chi connectivity index (χ0) is 18.7. The number of benzene rings is 2. The summed E-state index contributed by atoms with van der Waals surface area (Å²) >= 11 is 12.5. The van der Waals surface area contributed by atoms with Crippen LogP contribution in [0.15, 0.2) is 36.4 Å². The Kier molecular flexibility index (Phi) is 6.07. The summed E-state index contributed by atoms with van der Waals surface area (Å²) in [5.41, 5.74) is 2.51. The third kappa shape index (κ3) is 4.70. The molecule has 0 saturated heterocycles. The first-order chi connectivity index (χ1) is 12.5. The van der Waals surface area contributed by atoms with Crippen molar-refractivity contribution < 1.29 is 9.53 Å². The van der Waals surface area contributed by atoms with Gasteiger partial charge in [0.2, 0.25) is 5.91 Å². The van der Waals surface area contributed by atoms with E-state index in [1.54, 1.807) is 13.2 Å². The highest BCUT2D eigenvalue weighted by Gasteiger charge is 2.30. The van der Waals surface area contributed by atoms with E-state index in [2.05, 4.69) is 10.2 Å². The van der Waals surface area contributed by atoms with Gasteiger partial charge in [-0.3, -0.25) is 9.69 Å². The lowest BCUT2D eigenvalue weighted by Gasteiger charge is -2.22. The maximum absolute atomic E-state index is 12.6. The van der Waals surface area contributed by atoms with Crippen molar-refractivity contribution in [2.24, 2.45) is 0 Å². The summed E-state index contributed by atoms with van der Waals surface area (Å²) in [7, 11) is 1.65. The van der Waals surface area contributed by atoms with Crippen LogP contribution in [-0.2, 0) is 11.3 Å². The van der Waals surface area contributed by atoms with Gasteiger partial charge in [0.05, 0.1) is 29.4 Å². The second kappa shape index (κ2) is 8.30. The van der Waals surface area contributed by atoms with Crippen molar-refractivity contribution in [3.8, 4) is 5.75 Å². The Balaban J connectivity index is 1.66. The van der Waals surface area contributed by atoms with E-state index in [1.165, 1.54) is 0 Å². The molecule has 0 spiro atoms. The molecular weight excluding hydrogens is 371 g/mol. The number of hydrogen-bond acceptors (Lipinski definition) is 3. The molecule has 0 aromatic heterocycles. The van der Waals surface area contributed by atoms with Gasteiger partial charge >= 0.3 is 0 Å². The molecule has 1 aliphatic rings. The summed E-state index contributed by atoms with van der Waals surface area (Å²) in [6, 6.07) is 12.0. The molecule has 0 bridgehead atoms. The number of nitrogens with zero attached hydrogens (tertiary/aromatic N) is 1. The highest BCUT2D eigenvalue weighted by Crippen LogP contribution is 2.33. The molecule has 1 amide bonds. The van der Waals surface area contributed by atoms with E-state index in [9.17, 15) is 4.79 Å². The van der Waals surface area contributed by atoms with Crippen molar-refractivity contribution in [1.82, 2.24) is 4.90 Å². The number of ether oxygens (including phenoxy) is 1. The van der Waals surface area contributed by atoms with Gasteiger partial charge in [0.1, 0.15) is 5.75 Å². The third-order valence-electron chi connectivity index (χ3n) is 4.50. The van der Waals surface area contributed by atoms with E-state index in [-0.39, 0.29) is 5.91 Å². The summed E-state index contributed by atoms with van der Waals surface area (Å²) in [4.78, 5) is 14.8. The lowest BCUT2D eigenvalue weighted by Crippen LogP contribution is -2.34. The Bertz CT molecular complexity index is 789. The molecule has 1 saturated carbocycles. The highest BCUT2D eigenvalue weighted by atomic mass is 35.5. The molecule has 0 unspecified atom stereocenters. The second-order valence-electron chi connectivity index (χ2n) is 6.59. The van der Waals surface area contributed by atoms with Crippen LogP contribution in [0.25, 0.3) is 0 Å². The van der Waals surface area contributed by atoms with Crippen LogP contribution < -0.4 is 10.1 Å². The highest BCUT2D eigenvalue weighted by molar-refractivity contribution is 6.40. The van der Waals surface area contributed by atoms with Crippen LogP contribution in [0.5, 0.6) is 5.75 Å². The molecule has 0 atom stereocenters. The lowest BCUT2D eigenvalue weighted by atomic mass is 10.2. The van der Waals surface area contributed by atoms with Crippen LogP contribution in [0.4, 0.5) is 5.69 Å². The largest absolute Gasteiger partial charge is 0.497 e. The van der Waals surface area contributed by atoms with Crippen LogP contribution in [-0.4, -0.2) is 30.5 Å². The Morgan fingerprint density at radius 1 is 1.19 bits per heavy atom. The van der Waals surface area contributed by atoms with Crippen molar-refractivity contribution in [2.45, 2.75) is 32.4 Å². The number of aryl methyl sites for hydroxylation is 1. The predicted octanol–water partition coefficient (Wildman–Crippen LogP) is 4.91. The fraction of sp³-hybridized carbons (Fsp3) is 0.350. The number of methoxy groups -OCH3 is 1. The maximum Gasteiger partial charge on any atom is 0.238 e. The Morgan fingerprint density at radius 3 is 2.50 bits per heavy atom. The number of amides is 1. The smallest absolute Gasteiger partial charge is 0.238 e. The maximum atomic E-state index is 12.6. The fourth-order valence-corrected chi connectivity index (χ4v) is 3.32. The van der Waals surface area contributed by atoms with E-state index >= 15 is 0 Å². The number of anilines is 1. The van der Waals surface area contributed by atoms with E-state index < -0.39 is 0 Å². The molecule has 3 rings (SSSR count). The van der Waals surface area contributed by atoms with Crippen molar-refractivity contribution in [2.75, 3.05) is 19.0 Å². The monoisotopic (exact) mass is 392 g/mol. The van der Waals surface area contributed by atoms with E-state index in [0.29, 0.717) is 28.3 Å². The molecule has 26 heavy (non-hydrogen) atoms. The van der Waals surface area contributed by atoms with E-state index in [0.717, 1.165) is 36.3 Å². The first-order valence-corrected chi connectivity index (χ1v) is 9.35. The molecule has 1 aliphatic carbocycles. The molecule has 0 heterocycles. The summed E-state index contributed by atoms with van der Waals surface area (Å²) in [5, 5.41) is 3.80. The van der Waals surface area contributed by atoms with Gasteiger partial charge in [-0.2, -0.15) is 0 Å². The molecule has 0 aliphatic heterocycles. The molecule has 138 valence electrons. The first-order valence-electron chi connectivity index (χ1n) is 8.59. The van der Waals surface area contributed by atoms with E-state index in [1.807, 2.05) is 37.3 Å². The molecule has 2 aromatic rings. The SMILES string of the molecule is COc1ccc(CN(CC(=O)Nc2c(Cl)ccc(C)c2Cl)C2CC2)cc1. The van der Waals surface area contributed by atoms with Gasteiger partial charge in [-0.05, 0) is 49.1 Å². The Morgan fingerprint density at radius 2 is 1.88 bits per heavy atom. The minimum Gasteiger partial charge on any atom is -0.497 e. The molecule has 1 N–H and O–H groups in total. The first kappa shape index (κ1) is 19.0. The third-order valence-corrected chi connectivity index (χ3v) is 5.31. The zero-order valence-corrected chi connectivity index (χ0v) is 16.4. The number of nitrogens with one attached hydrogen (secondary N) is 1. The minimum atomic E-state index is -0.111. The number of carbonyl (C=O) groups is 1. The van der Waals surface area contributed by atoms with Crippen LogP contribution >= 0.6 is 23.2 Å². The van der Waals surface area contributed by atoms with Gasteiger partial charge in [0.25, 0.3) is 0 Å². The predicted molar refractivity (Wildman–Crippen MR) is 106 cm³/mol. The van der Waals surface area contributed by atoms with Crippen LogP contribution in [0.2, 0.25) is 10.0 Å². The van der Waals surface area contributed by atoms with Crippen molar-refractivity contribution >= 4 is 34.8 Å². The summed E-state index contributed by atoms with van der Waals surface area (Å²) < 4.78 is 5.19. The average molecular weight is 393 g/mol. The summed E-state index contributed by atoms with van der Waals surface area (Å²) in [6.45, 7) is 2.91. The van der Waals surface area contributed by atoms with Gasteiger partial charge in [0, 0.05) is 12.6 Å².